The molecule has 0 bridgehead atoms. The summed E-state index contributed by atoms with van der Waals surface area (Å²) in [6, 6.07) is 15.5. The smallest absolute Gasteiger partial charge is 0.338 e. The molecule has 1 aliphatic carbocycles. The van der Waals surface area contributed by atoms with Crippen molar-refractivity contribution in [2.24, 2.45) is 0 Å². The van der Waals surface area contributed by atoms with Crippen molar-refractivity contribution in [1.29, 1.82) is 0 Å². The maximum atomic E-state index is 12.8. The van der Waals surface area contributed by atoms with Gasteiger partial charge in [-0.3, -0.25) is 0 Å². The maximum Gasteiger partial charge on any atom is 0.338 e. The maximum absolute atomic E-state index is 12.8. The Morgan fingerprint density at radius 1 is 1.00 bits per heavy atom. The largest absolute Gasteiger partial charge is 0.459 e. The lowest BCUT2D eigenvalue weighted by Crippen LogP contribution is -2.31. The van der Waals surface area contributed by atoms with Crippen molar-refractivity contribution >= 4 is 5.97 Å². The van der Waals surface area contributed by atoms with Crippen molar-refractivity contribution in [2.45, 2.75) is 24.9 Å². The van der Waals surface area contributed by atoms with Gasteiger partial charge >= 0.3 is 5.97 Å². The molecule has 2 aromatic rings. The molecule has 0 aliphatic heterocycles. The molecule has 1 saturated carbocycles. The Hall–Kier alpha value is -2.16. The van der Waals surface area contributed by atoms with E-state index in [0.29, 0.717) is 11.5 Å². The highest BCUT2D eigenvalue weighted by Crippen LogP contribution is 2.39. The van der Waals surface area contributed by atoms with Gasteiger partial charge in [0, 0.05) is 0 Å². The van der Waals surface area contributed by atoms with Gasteiger partial charge in [-0.2, -0.15) is 0 Å². The van der Waals surface area contributed by atoms with Crippen molar-refractivity contribution in [1.82, 2.24) is 0 Å². The molecule has 0 heterocycles. The first-order valence-electron chi connectivity index (χ1n) is 6.74. The van der Waals surface area contributed by atoms with Crippen LogP contribution in [0.25, 0.3) is 0 Å². The zero-order valence-corrected chi connectivity index (χ0v) is 11.0. The molecule has 0 atom stereocenters. The molecule has 1 aliphatic rings. The molecule has 0 N–H and O–H groups in total. The first-order valence-corrected chi connectivity index (χ1v) is 6.74. The summed E-state index contributed by atoms with van der Waals surface area (Å²) in [5, 5.41) is 0. The molecule has 2 aromatic carbocycles. The molecule has 0 spiro atoms. The number of rotatable bonds is 3. The van der Waals surface area contributed by atoms with Crippen LogP contribution in [0.1, 0.15) is 34.7 Å². The number of benzene rings is 2. The van der Waals surface area contributed by atoms with E-state index < -0.39 is 0 Å². The Morgan fingerprint density at radius 2 is 1.65 bits per heavy atom. The number of carbonyl (C=O) groups is 1. The van der Waals surface area contributed by atoms with Gasteiger partial charge in [-0.05, 0) is 48.6 Å². The second-order valence-corrected chi connectivity index (χ2v) is 5.11. The zero-order valence-electron chi connectivity index (χ0n) is 11.0. The fourth-order valence-corrected chi connectivity index (χ4v) is 2.46. The van der Waals surface area contributed by atoms with Crippen LogP contribution in [0, 0.1) is 5.82 Å². The highest BCUT2D eigenvalue weighted by atomic mass is 19.1. The molecule has 0 radical (unpaired) electrons. The molecule has 0 aromatic heterocycles. The molecular formula is C17H15FO2. The Bertz CT molecular complexity index is 586. The SMILES string of the molecule is O=C(OC1CC(c2ccc(F)cc2)C1)c1ccccc1. The monoisotopic (exact) mass is 270 g/mol. The van der Waals surface area contributed by atoms with Crippen molar-refractivity contribution < 1.29 is 13.9 Å². The fraction of sp³-hybridized carbons (Fsp3) is 0.235. The van der Waals surface area contributed by atoms with Gasteiger partial charge in [0.25, 0.3) is 0 Å². The summed E-state index contributed by atoms with van der Waals surface area (Å²) < 4.78 is 18.3. The summed E-state index contributed by atoms with van der Waals surface area (Å²) in [5.41, 5.74) is 1.69. The molecule has 102 valence electrons. The number of esters is 1. The summed E-state index contributed by atoms with van der Waals surface area (Å²) in [6.07, 6.45) is 1.59. The van der Waals surface area contributed by atoms with E-state index in [-0.39, 0.29) is 17.9 Å². The lowest BCUT2D eigenvalue weighted by atomic mass is 9.77. The lowest BCUT2D eigenvalue weighted by Gasteiger charge is -2.35. The number of halogens is 1. The van der Waals surface area contributed by atoms with E-state index in [0.717, 1.165) is 18.4 Å². The highest BCUT2D eigenvalue weighted by Gasteiger charge is 2.33. The van der Waals surface area contributed by atoms with Gasteiger partial charge in [0.2, 0.25) is 0 Å². The minimum atomic E-state index is -0.270. The predicted octanol–water partition coefficient (Wildman–Crippen LogP) is 3.93. The quantitative estimate of drug-likeness (QED) is 0.790. The molecule has 3 rings (SSSR count). The van der Waals surface area contributed by atoms with Crippen LogP contribution in [-0.4, -0.2) is 12.1 Å². The Balaban J connectivity index is 1.53. The van der Waals surface area contributed by atoms with Crippen LogP contribution >= 0.6 is 0 Å². The van der Waals surface area contributed by atoms with Crippen LogP contribution in [0.15, 0.2) is 54.6 Å². The first-order chi connectivity index (χ1) is 9.72. The van der Waals surface area contributed by atoms with E-state index in [1.807, 2.05) is 18.2 Å². The van der Waals surface area contributed by atoms with Crippen molar-refractivity contribution in [3.63, 3.8) is 0 Å². The molecule has 0 unspecified atom stereocenters. The molecular weight excluding hydrogens is 255 g/mol. The molecule has 3 heteroatoms. The zero-order chi connectivity index (χ0) is 13.9. The lowest BCUT2D eigenvalue weighted by molar-refractivity contribution is 0.00209. The third-order valence-corrected chi connectivity index (χ3v) is 3.72. The van der Waals surface area contributed by atoms with Gasteiger partial charge in [0.05, 0.1) is 5.56 Å². The van der Waals surface area contributed by atoms with Crippen LogP contribution in [0.5, 0.6) is 0 Å². The van der Waals surface area contributed by atoms with Crippen LogP contribution in [0.2, 0.25) is 0 Å². The predicted molar refractivity (Wildman–Crippen MR) is 74.0 cm³/mol. The Morgan fingerprint density at radius 3 is 2.30 bits per heavy atom. The highest BCUT2D eigenvalue weighted by molar-refractivity contribution is 5.89. The van der Waals surface area contributed by atoms with Crippen molar-refractivity contribution in [3.8, 4) is 0 Å². The van der Waals surface area contributed by atoms with Crippen LogP contribution in [-0.2, 0) is 4.74 Å². The van der Waals surface area contributed by atoms with Gasteiger partial charge < -0.3 is 4.74 Å². The minimum absolute atomic E-state index is 0.0299. The summed E-state index contributed by atoms with van der Waals surface area (Å²) >= 11 is 0. The Labute approximate surface area is 117 Å². The number of hydrogen-bond donors (Lipinski definition) is 0. The van der Waals surface area contributed by atoms with E-state index in [4.69, 9.17) is 4.74 Å². The van der Waals surface area contributed by atoms with E-state index in [1.54, 1.807) is 24.3 Å². The van der Waals surface area contributed by atoms with Gasteiger partial charge in [-0.1, -0.05) is 30.3 Å². The van der Waals surface area contributed by atoms with Crippen molar-refractivity contribution in [3.05, 3.63) is 71.5 Å². The number of hydrogen-bond acceptors (Lipinski definition) is 2. The molecule has 0 amide bonds. The van der Waals surface area contributed by atoms with E-state index in [9.17, 15) is 9.18 Å². The first kappa shape index (κ1) is 12.9. The van der Waals surface area contributed by atoms with E-state index in [1.165, 1.54) is 12.1 Å². The van der Waals surface area contributed by atoms with Crippen LogP contribution in [0.4, 0.5) is 4.39 Å². The standard InChI is InChI=1S/C17H15FO2/c18-15-8-6-12(7-9-15)14-10-16(11-14)20-17(19)13-4-2-1-3-5-13/h1-9,14,16H,10-11H2. The van der Waals surface area contributed by atoms with E-state index in [2.05, 4.69) is 0 Å². The molecule has 2 nitrogen and oxygen atoms in total. The summed E-state index contributed by atoms with van der Waals surface area (Å²) in [5.74, 6) is -0.127. The third-order valence-electron chi connectivity index (χ3n) is 3.72. The second-order valence-electron chi connectivity index (χ2n) is 5.11. The van der Waals surface area contributed by atoms with Gasteiger partial charge in [-0.15, -0.1) is 0 Å². The summed E-state index contributed by atoms with van der Waals surface area (Å²) in [7, 11) is 0. The topological polar surface area (TPSA) is 26.3 Å². The molecule has 1 fully saturated rings. The molecule has 20 heavy (non-hydrogen) atoms. The fourth-order valence-electron chi connectivity index (χ4n) is 2.46. The number of carbonyl (C=O) groups excluding carboxylic acids is 1. The van der Waals surface area contributed by atoms with Gasteiger partial charge in [0.15, 0.2) is 0 Å². The minimum Gasteiger partial charge on any atom is -0.459 e. The molecule has 0 saturated heterocycles. The van der Waals surface area contributed by atoms with Gasteiger partial charge in [-0.25, -0.2) is 9.18 Å². The van der Waals surface area contributed by atoms with Gasteiger partial charge in [0.1, 0.15) is 11.9 Å². The second kappa shape index (κ2) is 5.45. The normalized spacial score (nSPS) is 21.1. The third kappa shape index (κ3) is 2.72. The van der Waals surface area contributed by atoms with Crippen LogP contribution in [0.3, 0.4) is 0 Å². The average molecular weight is 270 g/mol. The van der Waals surface area contributed by atoms with E-state index >= 15 is 0 Å². The van der Waals surface area contributed by atoms with Crippen molar-refractivity contribution in [2.75, 3.05) is 0 Å². The number of ether oxygens (including phenoxy) is 1. The van der Waals surface area contributed by atoms with Crippen LogP contribution < -0.4 is 0 Å². The Kier molecular flexibility index (Phi) is 3.50. The summed E-state index contributed by atoms with van der Waals surface area (Å²) in [6.45, 7) is 0. The summed E-state index contributed by atoms with van der Waals surface area (Å²) in [4.78, 5) is 11.9. The average Bonchev–Trinajstić information content (AvgIpc) is 2.44.